The molecule has 3 heterocycles. The molecule has 4 atom stereocenters. The van der Waals surface area contributed by atoms with Crippen LogP contribution in [0.3, 0.4) is 0 Å². The Morgan fingerprint density at radius 2 is 1.71 bits per heavy atom. The van der Waals surface area contributed by atoms with Gasteiger partial charge < -0.3 is 14.2 Å². The summed E-state index contributed by atoms with van der Waals surface area (Å²) in [5, 5.41) is 2.59. The standard InChI is InChI=1S/C30H33N7O5/c1-30(2,3)42-29(41)34-25-24-26(32-16-31-25)36(17-33-24)15-21(38)35(14-18-7-5-4-6-8-18)11-12-37-27(39)22-19-9-10-20(13-19)23(22)28(37)40/h4-10,16-17,19-20,22-23H,11-15H2,1-3H3,(H,31,32,34,41)/t19-,20+,22+,23-. The van der Waals surface area contributed by atoms with Gasteiger partial charge in [0, 0.05) is 19.6 Å². The van der Waals surface area contributed by atoms with E-state index < -0.39 is 11.7 Å². The number of ether oxygens (including phenoxy) is 1. The molecule has 2 aliphatic carbocycles. The third-order valence-corrected chi connectivity index (χ3v) is 8.05. The molecule has 1 aromatic carbocycles. The molecule has 2 fully saturated rings. The van der Waals surface area contributed by atoms with Crippen LogP contribution in [0.5, 0.6) is 0 Å². The van der Waals surface area contributed by atoms with Crippen LogP contribution in [0, 0.1) is 23.7 Å². The predicted octanol–water partition coefficient (Wildman–Crippen LogP) is 3.01. The minimum Gasteiger partial charge on any atom is -0.444 e. The van der Waals surface area contributed by atoms with Crippen LogP contribution in [-0.2, 0) is 32.2 Å². The molecular weight excluding hydrogens is 538 g/mol. The average Bonchev–Trinajstić information content (AvgIpc) is 3.71. The van der Waals surface area contributed by atoms with E-state index in [-0.39, 0.29) is 66.8 Å². The largest absolute Gasteiger partial charge is 0.444 e. The second-order valence-electron chi connectivity index (χ2n) is 12.0. The van der Waals surface area contributed by atoms with Gasteiger partial charge in [0.15, 0.2) is 17.0 Å². The monoisotopic (exact) mass is 571 g/mol. The van der Waals surface area contributed by atoms with Crippen molar-refractivity contribution in [2.45, 2.75) is 45.9 Å². The fourth-order valence-corrected chi connectivity index (χ4v) is 6.23. The molecule has 1 N–H and O–H groups in total. The van der Waals surface area contributed by atoms with Crippen molar-refractivity contribution in [3.05, 3.63) is 60.7 Å². The van der Waals surface area contributed by atoms with Crippen LogP contribution >= 0.6 is 0 Å². The number of imidazole rings is 1. The van der Waals surface area contributed by atoms with Gasteiger partial charge in [0.1, 0.15) is 18.5 Å². The number of benzene rings is 1. The van der Waals surface area contributed by atoms with E-state index in [1.54, 1.807) is 30.2 Å². The normalized spacial score (nSPS) is 22.6. The molecular formula is C30H33N7O5. The van der Waals surface area contributed by atoms with E-state index in [0.717, 1.165) is 12.0 Å². The molecule has 1 saturated heterocycles. The third-order valence-electron chi connectivity index (χ3n) is 8.05. The lowest BCUT2D eigenvalue weighted by Crippen LogP contribution is -2.42. The molecule has 2 bridgehead atoms. The minimum absolute atomic E-state index is 0.0898. The van der Waals surface area contributed by atoms with Crippen molar-refractivity contribution in [3.63, 3.8) is 0 Å². The molecule has 1 saturated carbocycles. The lowest BCUT2D eigenvalue weighted by molar-refractivity contribution is -0.142. The Morgan fingerprint density at radius 3 is 2.38 bits per heavy atom. The van der Waals surface area contributed by atoms with E-state index in [1.165, 1.54) is 17.6 Å². The van der Waals surface area contributed by atoms with Gasteiger partial charge >= 0.3 is 6.09 Å². The Hall–Kier alpha value is -4.61. The summed E-state index contributed by atoms with van der Waals surface area (Å²) < 4.78 is 6.89. The number of amides is 4. The van der Waals surface area contributed by atoms with Crippen molar-refractivity contribution in [2.75, 3.05) is 18.4 Å². The second-order valence-corrected chi connectivity index (χ2v) is 12.0. The average molecular weight is 572 g/mol. The van der Waals surface area contributed by atoms with E-state index >= 15 is 0 Å². The van der Waals surface area contributed by atoms with Crippen LogP contribution in [0.25, 0.3) is 11.2 Å². The summed E-state index contributed by atoms with van der Waals surface area (Å²) in [5.41, 5.74) is 0.911. The van der Waals surface area contributed by atoms with Gasteiger partial charge in [-0.3, -0.25) is 24.6 Å². The maximum Gasteiger partial charge on any atom is 0.413 e. The second kappa shape index (κ2) is 10.7. The molecule has 0 unspecified atom stereocenters. The number of allylic oxidation sites excluding steroid dienone is 2. The van der Waals surface area contributed by atoms with Crippen LogP contribution in [0.4, 0.5) is 10.6 Å². The van der Waals surface area contributed by atoms with Gasteiger partial charge in [0.05, 0.1) is 18.2 Å². The van der Waals surface area contributed by atoms with Gasteiger partial charge in [-0.15, -0.1) is 0 Å². The number of carbonyl (C=O) groups excluding carboxylic acids is 4. The first-order valence-electron chi connectivity index (χ1n) is 14.1. The highest BCUT2D eigenvalue weighted by atomic mass is 16.6. The number of nitrogens with one attached hydrogen (secondary N) is 1. The number of aromatic nitrogens is 4. The van der Waals surface area contributed by atoms with Gasteiger partial charge in [0.25, 0.3) is 0 Å². The first-order chi connectivity index (χ1) is 20.1. The first kappa shape index (κ1) is 27.6. The molecule has 3 aromatic rings. The van der Waals surface area contributed by atoms with Crippen molar-refractivity contribution in [2.24, 2.45) is 23.7 Å². The molecule has 218 valence electrons. The molecule has 4 amide bonds. The van der Waals surface area contributed by atoms with Crippen molar-refractivity contribution >= 4 is 40.8 Å². The molecule has 42 heavy (non-hydrogen) atoms. The lowest BCUT2D eigenvalue weighted by Gasteiger charge is -2.26. The van der Waals surface area contributed by atoms with Crippen molar-refractivity contribution in [3.8, 4) is 0 Å². The van der Waals surface area contributed by atoms with Crippen LogP contribution in [0.2, 0.25) is 0 Å². The van der Waals surface area contributed by atoms with E-state index in [0.29, 0.717) is 17.7 Å². The lowest BCUT2D eigenvalue weighted by atomic mass is 9.85. The molecule has 3 aliphatic rings. The Balaban J connectivity index is 1.18. The topological polar surface area (TPSA) is 140 Å². The van der Waals surface area contributed by atoms with Crippen LogP contribution < -0.4 is 5.32 Å². The van der Waals surface area contributed by atoms with Gasteiger partial charge in [-0.25, -0.2) is 19.7 Å². The van der Waals surface area contributed by atoms with E-state index in [2.05, 4.69) is 32.4 Å². The number of rotatable bonds is 8. The number of nitrogens with zero attached hydrogens (tertiary/aromatic N) is 6. The summed E-state index contributed by atoms with van der Waals surface area (Å²) >= 11 is 0. The highest BCUT2D eigenvalue weighted by Gasteiger charge is 2.59. The highest BCUT2D eigenvalue weighted by Crippen LogP contribution is 2.52. The Kier molecular flexibility index (Phi) is 6.99. The molecule has 6 rings (SSSR count). The van der Waals surface area contributed by atoms with Gasteiger partial charge in [-0.1, -0.05) is 42.5 Å². The summed E-state index contributed by atoms with van der Waals surface area (Å²) in [4.78, 5) is 68.2. The van der Waals surface area contributed by atoms with Crippen molar-refractivity contribution in [1.29, 1.82) is 0 Å². The number of imide groups is 1. The van der Waals surface area contributed by atoms with Crippen LogP contribution in [-0.4, -0.2) is 71.8 Å². The summed E-state index contributed by atoms with van der Waals surface area (Å²) in [6.07, 6.45) is 7.08. The maximum absolute atomic E-state index is 13.7. The number of hydrogen-bond acceptors (Lipinski definition) is 8. The molecule has 0 spiro atoms. The van der Waals surface area contributed by atoms with Crippen LogP contribution in [0.15, 0.2) is 55.1 Å². The summed E-state index contributed by atoms with van der Waals surface area (Å²) in [6, 6.07) is 9.55. The van der Waals surface area contributed by atoms with E-state index in [4.69, 9.17) is 4.74 Å². The number of anilines is 1. The molecule has 0 radical (unpaired) electrons. The third kappa shape index (κ3) is 5.24. The van der Waals surface area contributed by atoms with Gasteiger partial charge in [-0.2, -0.15) is 0 Å². The fraction of sp³-hybridized carbons (Fsp3) is 0.433. The zero-order valence-corrected chi connectivity index (χ0v) is 23.8. The number of fused-ring (bicyclic) bond motifs is 6. The fourth-order valence-electron chi connectivity index (χ4n) is 6.23. The summed E-state index contributed by atoms with van der Waals surface area (Å²) in [7, 11) is 0. The smallest absolute Gasteiger partial charge is 0.413 e. The summed E-state index contributed by atoms with van der Waals surface area (Å²) in [5.74, 6) is -0.601. The quantitative estimate of drug-likeness (QED) is 0.322. The van der Waals surface area contributed by atoms with Crippen molar-refractivity contribution in [1.82, 2.24) is 29.3 Å². The zero-order chi connectivity index (χ0) is 29.6. The van der Waals surface area contributed by atoms with Gasteiger partial charge in [-0.05, 0) is 44.6 Å². The summed E-state index contributed by atoms with van der Waals surface area (Å²) in [6.45, 7) is 5.82. The molecule has 12 heteroatoms. The number of hydrogen-bond donors (Lipinski definition) is 1. The highest BCUT2D eigenvalue weighted by molar-refractivity contribution is 6.06. The maximum atomic E-state index is 13.7. The molecule has 2 aromatic heterocycles. The van der Waals surface area contributed by atoms with E-state index in [9.17, 15) is 19.2 Å². The minimum atomic E-state index is -0.691. The Bertz CT molecular complexity index is 1550. The SMILES string of the molecule is CC(C)(C)OC(=O)Nc1ncnc2c1ncn2CC(=O)N(CCN1C(=O)[C@@H]2[C@H](C1=O)[C@H]1C=C[C@@H]2C1)Cc1ccccc1. The van der Waals surface area contributed by atoms with Crippen LogP contribution in [0.1, 0.15) is 32.8 Å². The Labute approximate surface area is 242 Å². The first-order valence-corrected chi connectivity index (χ1v) is 14.1. The van der Waals surface area contributed by atoms with Gasteiger partial charge in [0.2, 0.25) is 17.7 Å². The predicted molar refractivity (Wildman–Crippen MR) is 151 cm³/mol. The van der Waals surface area contributed by atoms with E-state index in [1.807, 2.05) is 30.3 Å². The van der Waals surface area contributed by atoms with Crippen molar-refractivity contribution < 1.29 is 23.9 Å². The number of carbonyl (C=O) groups is 4. The zero-order valence-electron chi connectivity index (χ0n) is 23.8. The molecule has 1 aliphatic heterocycles. The number of likely N-dealkylation sites (tertiary alicyclic amines) is 1. The molecule has 12 nitrogen and oxygen atoms in total. The Morgan fingerprint density at radius 1 is 1.02 bits per heavy atom.